The number of hydrogen-bond acceptors (Lipinski definition) is 2. The van der Waals surface area contributed by atoms with Crippen LogP contribution in [0.1, 0.15) is 11.1 Å². The third-order valence-electron chi connectivity index (χ3n) is 3.67. The molecule has 0 N–H and O–H groups in total. The van der Waals surface area contributed by atoms with E-state index in [1.165, 1.54) is 20.1 Å². The molecule has 0 aliphatic carbocycles. The first-order valence-electron chi connectivity index (χ1n) is 7.55. The summed E-state index contributed by atoms with van der Waals surface area (Å²) in [6.45, 7) is 0. The normalized spacial score (nSPS) is 14.3. The minimum atomic E-state index is -0.149. The number of hydrogen-bond donors (Lipinski definition) is 0. The quantitative estimate of drug-likeness (QED) is 0.651. The number of nitrogens with zero attached hydrogens (tertiary/aromatic N) is 2. The van der Waals surface area contributed by atoms with Gasteiger partial charge in [0, 0.05) is 0 Å². The fourth-order valence-corrected chi connectivity index (χ4v) is 4.95. The van der Waals surface area contributed by atoms with Crippen molar-refractivity contribution in [1.29, 1.82) is 0 Å². The van der Waals surface area contributed by atoms with Crippen LogP contribution in [0.3, 0.4) is 0 Å². The van der Waals surface area contributed by atoms with E-state index in [2.05, 4.69) is 83.9 Å². The van der Waals surface area contributed by atoms with Gasteiger partial charge in [-0.05, 0) is 0 Å². The molecule has 0 saturated carbocycles. The molecule has 3 aromatic rings. The Bertz CT molecular complexity index is 856. The van der Waals surface area contributed by atoms with Gasteiger partial charge in [-0.15, -0.1) is 0 Å². The van der Waals surface area contributed by atoms with Crippen LogP contribution < -0.4 is 5.01 Å². The summed E-state index contributed by atoms with van der Waals surface area (Å²) in [5.74, 6) is 0. The van der Waals surface area contributed by atoms with Crippen LogP contribution in [-0.4, -0.2) is 24.2 Å². The van der Waals surface area contributed by atoms with Crippen LogP contribution in [0.25, 0.3) is 0 Å². The number of rotatable bonds is 3. The monoisotopic (exact) mass is 358 g/mol. The summed E-state index contributed by atoms with van der Waals surface area (Å²) in [5.41, 5.74) is 3.60. The maximum atomic E-state index is 4.94. The maximum absolute atomic E-state index is 4.94. The minimum absolute atomic E-state index is 0.149. The van der Waals surface area contributed by atoms with E-state index in [1.54, 1.807) is 0 Å². The second-order valence-electron chi connectivity index (χ2n) is 5.24. The second kappa shape index (κ2) is 6.35. The first-order valence-corrected chi connectivity index (χ1v) is 9.43. The Morgan fingerprint density at radius 3 is 1.74 bits per heavy atom. The van der Waals surface area contributed by atoms with Gasteiger partial charge >= 0.3 is 142 Å². The fourth-order valence-electron chi connectivity index (χ4n) is 2.54. The predicted molar refractivity (Wildman–Crippen MR) is 98.2 cm³/mol. The summed E-state index contributed by atoms with van der Waals surface area (Å²) in [4.78, 5) is 0. The van der Waals surface area contributed by atoms with Crippen molar-refractivity contribution in [2.45, 2.75) is 0 Å². The van der Waals surface area contributed by atoms with E-state index in [-0.39, 0.29) is 15.3 Å². The van der Waals surface area contributed by atoms with Crippen molar-refractivity contribution in [3.05, 3.63) is 102 Å². The average molecular weight is 358 g/mol. The van der Waals surface area contributed by atoms with E-state index in [4.69, 9.17) is 5.10 Å². The number of anilines is 1. The molecule has 3 aromatic carbocycles. The van der Waals surface area contributed by atoms with Gasteiger partial charge in [-0.1, -0.05) is 0 Å². The van der Waals surface area contributed by atoms with Crippen LogP contribution in [0.5, 0.6) is 0 Å². The zero-order valence-corrected chi connectivity index (χ0v) is 14.4. The Balaban J connectivity index is 1.82. The van der Waals surface area contributed by atoms with Crippen molar-refractivity contribution in [2.75, 3.05) is 5.01 Å². The van der Waals surface area contributed by atoms with Gasteiger partial charge in [0.1, 0.15) is 0 Å². The average Bonchev–Trinajstić information content (AvgIpc) is 3.09. The van der Waals surface area contributed by atoms with Gasteiger partial charge in [-0.25, -0.2) is 0 Å². The van der Waals surface area contributed by atoms with Gasteiger partial charge in [-0.2, -0.15) is 0 Å². The Morgan fingerprint density at radius 2 is 1.13 bits per heavy atom. The summed E-state index contributed by atoms with van der Waals surface area (Å²) in [6.07, 6.45) is 0. The number of benzene rings is 3. The molecule has 0 radical (unpaired) electrons. The van der Waals surface area contributed by atoms with E-state index in [1.807, 2.05) is 12.1 Å². The SMILES string of the molecule is c1ccc(C2=NN(c3ccccc3)C(c3ccccc3)=[As]2)cc1. The van der Waals surface area contributed by atoms with E-state index in [9.17, 15) is 0 Å². The van der Waals surface area contributed by atoms with E-state index in [0.717, 1.165) is 5.69 Å². The molecule has 0 saturated heterocycles. The number of para-hydroxylation sites is 1. The molecule has 1 aliphatic heterocycles. The molecule has 1 heterocycles. The second-order valence-corrected chi connectivity index (χ2v) is 7.49. The van der Waals surface area contributed by atoms with Gasteiger partial charge in [-0.3, -0.25) is 0 Å². The molecule has 0 atom stereocenters. The standard InChI is InChI=1S/C20H15AsN2/c1-4-10-16(11-5-1)19-21-20(17-12-6-2-7-13-17)23(22-19)18-14-8-3-9-15-18/h1-15H. The van der Waals surface area contributed by atoms with Gasteiger partial charge in [0.15, 0.2) is 0 Å². The van der Waals surface area contributed by atoms with Gasteiger partial charge < -0.3 is 0 Å². The van der Waals surface area contributed by atoms with Crippen LogP contribution >= 0.6 is 0 Å². The third kappa shape index (κ3) is 2.91. The van der Waals surface area contributed by atoms with Crippen molar-refractivity contribution in [3.8, 4) is 0 Å². The molecule has 0 bridgehead atoms. The van der Waals surface area contributed by atoms with E-state index < -0.39 is 0 Å². The Labute approximate surface area is 142 Å². The molecule has 23 heavy (non-hydrogen) atoms. The zero-order chi connectivity index (χ0) is 15.5. The van der Waals surface area contributed by atoms with E-state index >= 15 is 0 Å². The van der Waals surface area contributed by atoms with Gasteiger partial charge in [0.05, 0.1) is 0 Å². The van der Waals surface area contributed by atoms with Crippen LogP contribution in [0, 0.1) is 0 Å². The first-order chi connectivity index (χ1) is 11.4. The van der Waals surface area contributed by atoms with Crippen molar-refractivity contribution < 1.29 is 0 Å². The molecule has 110 valence electrons. The molecule has 3 heteroatoms. The summed E-state index contributed by atoms with van der Waals surface area (Å²) in [7, 11) is 0. The fraction of sp³-hybridized carbons (Fsp3) is 0. The Kier molecular flexibility index (Phi) is 3.91. The van der Waals surface area contributed by atoms with Crippen LogP contribution in [-0.2, 0) is 0 Å². The molecule has 0 amide bonds. The summed E-state index contributed by atoms with van der Waals surface area (Å²) in [6, 6.07) is 31.5. The molecule has 0 unspecified atom stereocenters. The summed E-state index contributed by atoms with van der Waals surface area (Å²) in [5, 5.41) is 7.05. The van der Waals surface area contributed by atoms with Crippen molar-refractivity contribution in [2.24, 2.45) is 5.10 Å². The topological polar surface area (TPSA) is 15.6 Å². The Morgan fingerprint density at radius 1 is 0.609 bits per heavy atom. The van der Waals surface area contributed by atoms with Crippen molar-refractivity contribution in [1.82, 2.24) is 0 Å². The first kappa shape index (κ1) is 14.2. The van der Waals surface area contributed by atoms with Crippen LogP contribution in [0.2, 0.25) is 0 Å². The van der Waals surface area contributed by atoms with Crippen molar-refractivity contribution in [3.63, 3.8) is 0 Å². The molecule has 1 aliphatic rings. The molecule has 4 rings (SSSR count). The molecular weight excluding hydrogens is 343 g/mol. The summed E-state index contributed by atoms with van der Waals surface area (Å²) >= 11 is -0.149. The summed E-state index contributed by atoms with van der Waals surface area (Å²) < 4.78 is 2.51. The van der Waals surface area contributed by atoms with E-state index in [0.29, 0.717) is 0 Å². The number of hydrazone groups is 1. The molecular formula is C20H15AsN2. The molecule has 0 fully saturated rings. The third-order valence-corrected chi connectivity index (χ3v) is 6.23. The Hall–Kier alpha value is -2.44. The molecule has 0 spiro atoms. The van der Waals surface area contributed by atoms with Crippen LogP contribution in [0.4, 0.5) is 5.69 Å². The predicted octanol–water partition coefficient (Wildman–Crippen LogP) is 3.75. The zero-order valence-electron chi connectivity index (χ0n) is 12.5. The van der Waals surface area contributed by atoms with Crippen LogP contribution in [0.15, 0.2) is 96.1 Å². The molecule has 2 nitrogen and oxygen atoms in total. The molecule has 0 aromatic heterocycles. The van der Waals surface area contributed by atoms with Gasteiger partial charge in [0.25, 0.3) is 0 Å². The van der Waals surface area contributed by atoms with Crippen molar-refractivity contribution >= 4 is 29.9 Å². The van der Waals surface area contributed by atoms with Gasteiger partial charge in [0.2, 0.25) is 0 Å².